The minimum atomic E-state index is -0.375. The summed E-state index contributed by atoms with van der Waals surface area (Å²) in [6, 6.07) is 6.15. The van der Waals surface area contributed by atoms with E-state index in [1.807, 2.05) is 11.0 Å². The van der Waals surface area contributed by atoms with Crippen LogP contribution in [-0.4, -0.2) is 13.2 Å². The quantitative estimate of drug-likeness (QED) is 0.818. The van der Waals surface area contributed by atoms with Crippen molar-refractivity contribution in [3.8, 4) is 5.75 Å². The highest BCUT2D eigenvalue weighted by Gasteiger charge is 2.27. The molecule has 0 radical (unpaired) electrons. The molecule has 0 spiro atoms. The van der Waals surface area contributed by atoms with Crippen LogP contribution in [0.5, 0.6) is 5.75 Å². The molecule has 1 aliphatic heterocycles. The molecule has 0 aliphatic carbocycles. The Hall–Kier alpha value is -2.10. The summed E-state index contributed by atoms with van der Waals surface area (Å²) in [5, 5.41) is 0. The van der Waals surface area contributed by atoms with Gasteiger partial charge in [-0.25, -0.2) is 0 Å². The van der Waals surface area contributed by atoms with Crippen LogP contribution in [0.25, 0.3) is 0 Å². The lowest BCUT2D eigenvalue weighted by Gasteiger charge is -2.26. The summed E-state index contributed by atoms with van der Waals surface area (Å²) >= 11 is 0. The van der Waals surface area contributed by atoms with E-state index in [0.29, 0.717) is 30.3 Å². The first-order valence-corrected chi connectivity index (χ1v) is 7.82. The second-order valence-corrected chi connectivity index (χ2v) is 6.39. The molecular formula is C18H21NO3. The Balaban J connectivity index is 2.07. The number of hydrogen-bond donors (Lipinski definition) is 0. The Morgan fingerprint density at radius 1 is 1.23 bits per heavy atom. The van der Waals surface area contributed by atoms with E-state index in [9.17, 15) is 9.59 Å². The van der Waals surface area contributed by atoms with Crippen LogP contribution < -0.4 is 20.5 Å². The van der Waals surface area contributed by atoms with Crippen LogP contribution in [0.15, 0.2) is 27.8 Å². The molecule has 0 fully saturated rings. The topological polar surface area (TPSA) is 46.6 Å². The third-order valence-electron chi connectivity index (χ3n) is 4.13. The van der Waals surface area contributed by atoms with Gasteiger partial charge in [0, 0.05) is 12.1 Å². The van der Waals surface area contributed by atoms with Gasteiger partial charge in [0.2, 0.25) is 10.9 Å². The van der Waals surface area contributed by atoms with E-state index in [0.717, 1.165) is 24.3 Å². The largest absolute Gasteiger partial charge is 0.491 e. The molecule has 0 aromatic heterocycles. The van der Waals surface area contributed by atoms with E-state index in [1.54, 1.807) is 6.92 Å². The molecule has 0 bridgehead atoms. The van der Waals surface area contributed by atoms with Crippen molar-refractivity contribution < 1.29 is 4.74 Å². The van der Waals surface area contributed by atoms with Gasteiger partial charge in [-0.2, -0.15) is 0 Å². The summed E-state index contributed by atoms with van der Waals surface area (Å²) in [7, 11) is 0. The first-order chi connectivity index (χ1) is 10.5. The molecule has 1 heterocycles. The van der Waals surface area contributed by atoms with Gasteiger partial charge in [0.25, 0.3) is 0 Å². The molecule has 3 rings (SSSR count). The highest BCUT2D eigenvalue weighted by Crippen LogP contribution is 2.37. The second kappa shape index (κ2) is 5.59. The molecule has 2 aromatic carbocycles. The Bertz CT molecular complexity index is 769. The van der Waals surface area contributed by atoms with Gasteiger partial charge in [-0.15, -0.1) is 0 Å². The fraction of sp³-hybridized carbons (Fsp3) is 0.444. The normalized spacial score (nSPS) is 14.8. The third-order valence-corrected chi connectivity index (χ3v) is 4.13. The van der Waals surface area contributed by atoms with Gasteiger partial charge in [-0.1, -0.05) is 19.9 Å². The van der Waals surface area contributed by atoms with Crippen molar-refractivity contribution in [1.29, 1.82) is 0 Å². The van der Waals surface area contributed by atoms with Crippen molar-refractivity contribution in [2.75, 3.05) is 18.1 Å². The van der Waals surface area contributed by atoms with Crippen molar-refractivity contribution in [3.05, 3.63) is 49.8 Å². The van der Waals surface area contributed by atoms with E-state index in [-0.39, 0.29) is 10.9 Å². The lowest BCUT2D eigenvalue weighted by molar-refractivity contribution is 0.322. The number of ether oxygens (including phenoxy) is 1. The van der Waals surface area contributed by atoms with E-state index in [2.05, 4.69) is 26.0 Å². The van der Waals surface area contributed by atoms with E-state index >= 15 is 0 Å². The number of rotatable bonds is 3. The molecule has 116 valence electrons. The van der Waals surface area contributed by atoms with Gasteiger partial charge in [0.05, 0.1) is 12.3 Å². The molecule has 0 unspecified atom stereocenters. The van der Waals surface area contributed by atoms with Gasteiger partial charge in [-0.05, 0) is 43.4 Å². The maximum absolute atomic E-state index is 12.0. The Labute approximate surface area is 130 Å². The van der Waals surface area contributed by atoms with E-state index in [1.165, 1.54) is 5.56 Å². The monoisotopic (exact) mass is 299 g/mol. The third kappa shape index (κ3) is 2.43. The fourth-order valence-corrected chi connectivity index (χ4v) is 3.07. The molecule has 0 amide bonds. The summed E-state index contributed by atoms with van der Waals surface area (Å²) in [4.78, 5) is 25.5. The molecule has 0 saturated carbocycles. The van der Waals surface area contributed by atoms with Crippen LogP contribution in [0.2, 0.25) is 0 Å². The SMILES string of the molecule is Cc1c(N2CCCOc3ccc(CC(C)C)cc32)c(=O)c1=O. The van der Waals surface area contributed by atoms with Gasteiger partial charge in [0.15, 0.2) is 0 Å². The molecule has 4 heteroatoms. The predicted molar refractivity (Wildman–Crippen MR) is 88.2 cm³/mol. The summed E-state index contributed by atoms with van der Waals surface area (Å²) in [5.74, 6) is 1.35. The highest BCUT2D eigenvalue weighted by atomic mass is 16.5. The van der Waals surface area contributed by atoms with E-state index in [4.69, 9.17) is 4.74 Å². The summed E-state index contributed by atoms with van der Waals surface area (Å²) in [6.07, 6.45) is 1.80. The minimum Gasteiger partial charge on any atom is -0.491 e. The maximum Gasteiger partial charge on any atom is 0.249 e. The first-order valence-electron chi connectivity index (χ1n) is 7.82. The van der Waals surface area contributed by atoms with E-state index < -0.39 is 0 Å². The minimum absolute atomic E-state index is 0.361. The van der Waals surface area contributed by atoms with Crippen LogP contribution in [0.1, 0.15) is 31.4 Å². The summed E-state index contributed by atoms with van der Waals surface area (Å²) in [5.41, 5.74) is 2.50. The maximum atomic E-state index is 12.0. The van der Waals surface area contributed by atoms with Crippen LogP contribution in [-0.2, 0) is 6.42 Å². The number of nitrogens with zero attached hydrogens (tertiary/aromatic N) is 1. The lowest BCUT2D eigenvalue weighted by atomic mass is 10.0. The van der Waals surface area contributed by atoms with Crippen molar-refractivity contribution >= 4 is 11.4 Å². The van der Waals surface area contributed by atoms with Crippen molar-refractivity contribution in [3.63, 3.8) is 0 Å². The molecule has 0 N–H and O–H groups in total. The first kappa shape index (κ1) is 14.8. The van der Waals surface area contributed by atoms with Crippen molar-refractivity contribution in [1.82, 2.24) is 0 Å². The fourth-order valence-electron chi connectivity index (χ4n) is 3.07. The zero-order chi connectivity index (χ0) is 15.9. The molecule has 22 heavy (non-hydrogen) atoms. The number of hydrogen-bond acceptors (Lipinski definition) is 4. The lowest BCUT2D eigenvalue weighted by Crippen LogP contribution is -2.41. The average Bonchev–Trinajstić information content (AvgIpc) is 2.69. The molecule has 2 aromatic rings. The standard InChI is InChI=1S/C18H21NO3/c1-11(2)9-13-5-6-15-14(10-13)19(7-4-8-22-15)16-12(3)17(20)18(16)21/h5-6,10-11H,4,7-9H2,1-3H3. The van der Waals surface area contributed by atoms with Crippen LogP contribution >= 0.6 is 0 Å². The van der Waals surface area contributed by atoms with Crippen molar-refractivity contribution in [2.24, 2.45) is 5.92 Å². The van der Waals surface area contributed by atoms with Gasteiger partial charge in [0.1, 0.15) is 11.4 Å². The smallest absolute Gasteiger partial charge is 0.249 e. The number of fused-ring (bicyclic) bond motifs is 1. The Kier molecular flexibility index (Phi) is 3.77. The second-order valence-electron chi connectivity index (χ2n) is 6.39. The predicted octanol–water partition coefficient (Wildman–Crippen LogP) is 2.71. The number of anilines is 2. The van der Waals surface area contributed by atoms with Gasteiger partial charge >= 0.3 is 0 Å². The summed E-state index contributed by atoms with van der Waals surface area (Å²) < 4.78 is 5.79. The zero-order valence-corrected chi connectivity index (χ0v) is 13.3. The van der Waals surface area contributed by atoms with Crippen LogP contribution in [0.4, 0.5) is 11.4 Å². The highest BCUT2D eigenvalue weighted by molar-refractivity contribution is 5.74. The van der Waals surface area contributed by atoms with Gasteiger partial charge < -0.3 is 9.64 Å². The molecule has 0 saturated heterocycles. The Morgan fingerprint density at radius 3 is 2.68 bits per heavy atom. The van der Waals surface area contributed by atoms with Crippen LogP contribution in [0, 0.1) is 12.8 Å². The number of benzene rings is 1. The zero-order valence-electron chi connectivity index (χ0n) is 13.3. The molecule has 0 atom stereocenters. The van der Waals surface area contributed by atoms with Crippen molar-refractivity contribution in [2.45, 2.75) is 33.6 Å². The molecule has 1 aliphatic rings. The molecule has 4 nitrogen and oxygen atoms in total. The molecular weight excluding hydrogens is 278 g/mol. The van der Waals surface area contributed by atoms with Crippen LogP contribution in [0.3, 0.4) is 0 Å². The Morgan fingerprint density at radius 2 is 2.00 bits per heavy atom. The average molecular weight is 299 g/mol. The summed E-state index contributed by atoms with van der Waals surface area (Å²) in [6.45, 7) is 7.41. The van der Waals surface area contributed by atoms with Gasteiger partial charge in [-0.3, -0.25) is 9.59 Å².